The van der Waals surface area contributed by atoms with E-state index in [0.717, 1.165) is 11.1 Å². The van der Waals surface area contributed by atoms with Gasteiger partial charge in [-0.1, -0.05) is 65.2 Å². The molecule has 0 saturated heterocycles. The van der Waals surface area contributed by atoms with Crippen molar-refractivity contribution in [2.75, 3.05) is 0 Å². The first-order valence-electron chi connectivity index (χ1n) is 8.59. The van der Waals surface area contributed by atoms with E-state index in [4.69, 9.17) is 27.9 Å². The Bertz CT molecular complexity index is 1020. The lowest BCUT2D eigenvalue weighted by Gasteiger charge is -2.09. The standard InChI is InChI=1S/C22H18Cl2N2O2/c1-15-5-4-6-16(11-15)14-28-21-8-3-2-7-17(21)13-25-26-22(27)19-10-9-18(23)12-20(19)24/h2-13H,14H2,1H3,(H,26,27)/b25-13+. The molecule has 0 aliphatic carbocycles. The predicted octanol–water partition coefficient (Wildman–Crippen LogP) is 5.64. The quantitative estimate of drug-likeness (QED) is 0.420. The van der Waals surface area contributed by atoms with Crippen molar-refractivity contribution >= 4 is 35.3 Å². The van der Waals surface area contributed by atoms with E-state index in [2.05, 4.69) is 16.6 Å². The molecule has 1 N–H and O–H groups in total. The minimum Gasteiger partial charge on any atom is -0.488 e. The molecule has 6 heteroatoms. The highest BCUT2D eigenvalue weighted by Crippen LogP contribution is 2.21. The number of benzene rings is 3. The van der Waals surface area contributed by atoms with Crippen LogP contribution in [0.3, 0.4) is 0 Å². The Morgan fingerprint density at radius 3 is 2.68 bits per heavy atom. The monoisotopic (exact) mass is 412 g/mol. The van der Waals surface area contributed by atoms with Crippen LogP contribution in [-0.4, -0.2) is 12.1 Å². The normalized spacial score (nSPS) is 10.8. The average molecular weight is 413 g/mol. The van der Waals surface area contributed by atoms with Gasteiger partial charge in [0.1, 0.15) is 12.4 Å². The largest absolute Gasteiger partial charge is 0.488 e. The van der Waals surface area contributed by atoms with Crippen molar-refractivity contribution in [2.45, 2.75) is 13.5 Å². The zero-order valence-electron chi connectivity index (χ0n) is 15.2. The van der Waals surface area contributed by atoms with Gasteiger partial charge < -0.3 is 4.74 Å². The van der Waals surface area contributed by atoms with Crippen LogP contribution in [0.1, 0.15) is 27.0 Å². The summed E-state index contributed by atoms with van der Waals surface area (Å²) < 4.78 is 5.91. The summed E-state index contributed by atoms with van der Waals surface area (Å²) in [7, 11) is 0. The third kappa shape index (κ3) is 5.35. The zero-order chi connectivity index (χ0) is 19.9. The third-order valence-electron chi connectivity index (χ3n) is 3.94. The number of hydrazone groups is 1. The minimum atomic E-state index is -0.420. The van der Waals surface area contributed by atoms with Crippen LogP contribution >= 0.6 is 23.2 Å². The van der Waals surface area contributed by atoms with E-state index in [9.17, 15) is 4.79 Å². The number of carbonyl (C=O) groups excluding carboxylic acids is 1. The van der Waals surface area contributed by atoms with Gasteiger partial charge in [-0.3, -0.25) is 4.79 Å². The average Bonchev–Trinajstić information content (AvgIpc) is 2.67. The molecule has 0 bridgehead atoms. The van der Waals surface area contributed by atoms with Crippen molar-refractivity contribution in [3.8, 4) is 5.75 Å². The molecule has 3 aromatic carbocycles. The number of nitrogens with one attached hydrogen (secondary N) is 1. The van der Waals surface area contributed by atoms with Gasteiger partial charge in [-0.15, -0.1) is 0 Å². The molecule has 0 saturated carbocycles. The molecule has 0 spiro atoms. The molecule has 0 radical (unpaired) electrons. The van der Waals surface area contributed by atoms with Gasteiger partial charge in [0.2, 0.25) is 0 Å². The second-order valence-corrected chi connectivity index (χ2v) is 6.98. The van der Waals surface area contributed by atoms with Gasteiger partial charge in [-0.25, -0.2) is 5.43 Å². The molecule has 3 aromatic rings. The number of hydrogen-bond donors (Lipinski definition) is 1. The van der Waals surface area contributed by atoms with E-state index in [0.29, 0.717) is 22.9 Å². The Hall–Kier alpha value is -2.82. The molecule has 0 aliphatic heterocycles. The smallest absolute Gasteiger partial charge is 0.272 e. The number of nitrogens with zero attached hydrogens (tertiary/aromatic N) is 1. The number of aryl methyl sites for hydroxylation is 1. The second kappa shape index (κ2) is 9.40. The summed E-state index contributed by atoms with van der Waals surface area (Å²) in [6, 6.07) is 20.3. The first-order chi connectivity index (χ1) is 13.5. The summed E-state index contributed by atoms with van der Waals surface area (Å²) >= 11 is 11.9. The molecule has 0 aliphatic rings. The van der Waals surface area contributed by atoms with Crippen LogP contribution in [0.15, 0.2) is 71.8 Å². The molecule has 0 atom stereocenters. The number of ether oxygens (including phenoxy) is 1. The molecule has 0 aromatic heterocycles. The van der Waals surface area contributed by atoms with Crippen molar-refractivity contribution in [1.29, 1.82) is 0 Å². The number of rotatable bonds is 6. The summed E-state index contributed by atoms with van der Waals surface area (Å²) in [6.07, 6.45) is 1.54. The van der Waals surface area contributed by atoms with Crippen molar-refractivity contribution in [1.82, 2.24) is 5.43 Å². The molecule has 0 heterocycles. The summed E-state index contributed by atoms with van der Waals surface area (Å²) in [5.74, 6) is 0.252. The fraction of sp³-hybridized carbons (Fsp3) is 0.0909. The predicted molar refractivity (Wildman–Crippen MR) is 113 cm³/mol. The molecule has 0 unspecified atom stereocenters. The number of carbonyl (C=O) groups is 1. The van der Waals surface area contributed by atoms with Crippen LogP contribution in [0.2, 0.25) is 10.0 Å². The first-order valence-corrected chi connectivity index (χ1v) is 9.34. The maximum atomic E-state index is 12.2. The maximum Gasteiger partial charge on any atom is 0.272 e. The van der Waals surface area contributed by atoms with E-state index < -0.39 is 5.91 Å². The lowest BCUT2D eigenvalue weighted by molar-refractivity contribution is 0.0955. The van der Waals surface area contributed by atoms with Crippen LogP contribution in [0.5, 0.6) is 5.75 Å². The summed E-state index contributed by atoms with van der Waals surface area (Å²) in [4.78, 5) is 12.2. The Labute approximate surface area is 173 Å². The van der Waals surface area contributed by atoms with Crippen LogP contribution < -0.4 is 10.2 Å². The molecular formula is C22H18Cl2N2O2. The molecule has 3 rings (SSSR count). The summed E-state index contributed by atoms with van der Waals surface area (Å²) in [6.45, 7) is 2.49. The van der Waals surface area contributed by atoms with Crippen LogP contribution in [0.25, 0.3) is 0 Å². The van der Waals surface area contributed by atoms with Gasteiger partial charge in [0.15, 0.2) is 0 Å². The van der Waals surface area contributed by atoms with E-state index >= 15 is 0 Å². The SMILES string of the molecule is Cc1cccc(COc2ccccc2/C=N/NC(=O)c2ccc(Cl)cc2Cl)c1. The number of para-hydroxylation sites is 1. The number of amides is 1. The third-order valence-corrected chi connectivity index (χ3v) is 4.49. The molecule has 28 heavy (non-hydrogen) atoms. The molecule has 1 amide bonds. The van der Waals surface area contributed by atoms with Gasteiger partial charge in [0, 0.05) is 10.6 Å². The van der Waals surface area contributed by atoms with E-state index in [-0.39, 0.29) is 5.02 Å². The topological polar surface area (TPSA) is 50.7 Å². The molecular weight excluding hydrogens is 395 g/mol. The van der Waals surface area contributed by atoms with Gasteiger partial charge >= 0.3 is 0 Å². The van der Waals surface area contributed by atoms with Crippen molar-refractivity contribution in [3.63, 3.8) is 0 Å². The highest BCUT2D eigenvalue weighted by atomic mass is 35.5. The molecule has 4 nitrogen and oxygen atoms in total. The fourth-order valence-corrected chi connectivity index (χ4v) is 3.07. The second-order valence-electron chi connectivity index (χ2n) is 6.14. The molecule has 0 fully saturated rings. The number of hydrogen-bond acceptors (Lipinski definition) is 3. The van der Waals surface area contributed by atoms with Crippen LogP contribution in [-0.2, 0) is 6.61 Å². The maximum absolute atomic E-state index is 12.2. The van der Waals surface area contributed by atoms with Crippen molar-refractivity contribution in [3.05, 3.63) is 99.0 Å². The van der Waals surface area contributed by atoms with Crippen molar-refractivity contribution < 1.29 is 9.53 Å². The Balaban J connectivity index is 1.66. The Morgan fingerprint density at radius 1 is 1.07 bits per heavy atom. The van der Waals surface area contributed by atoms with Gasteiger partial charge in [-0.2, -0.15) is 5.10 Å². The molecule has 142 valence electrons. The van der Waals surface area contributed by atoms with Crippen LogP contribution in [0.4, 0.5) is 0 Å². The van der Waals surface area contributed by atoms with E-state index in [1.54, 1.807) is 12.1 Å². The number of halogens is 2. The lowest BCUT2D eigenvalue weighted by atomic mass is 10.1. The van der Waals surface area contributed by atoms with Gasteiger partial charge in [-0.05, 0) is 42.8 Å². The highest BCUT2D eigenvalue weighted by Gasteiger charge is 2.10. The van der Waals surface area contributed by atoms with E-state index in [1.807, 2.05) is 49.4 Å². The van der Waals surface area contributed by atoms with Crippen molar-refractivity contribution in [2.24, 2.45) is 5.10 Å². The van der Waals surface area contributed by atoms with Crippen LogP contribution in [0, 0.1) is 6.92 Å². The highest BCUT2D eigenvalue weighted by molar-refractivity contribution is 6.36. The zero-order valence-corrected chi connectivity index (χ0v) is 16.7. The van der Waals surface area contributed by atoms with E-state index in [1.165, 1.54) is 17.8 Å². The van der Waals surface area contributed by atoms with Gasteiger partial charge in [0.25, 0.3) is 5.91 Å². The van der Waals surface area contributed by atoms with Gasteiger partial charge in [0.05, 0.1) is 16.8 Å². The Kier molecular flexibility index (Phi) is 6.69. The minimum absolute atomic E-state index is 0.266. The Morgan fingerprint density at radius 2 is 1.89 bits per heavy atom. The summed E-state index contributed by atoms with van der Waals surface area (Å²) in [5, 5.41) is 4.74. The fourth-order valence-electron chi connectivity index (χ4n) is 2.58. The summed E-state index contributed by atoms with van der Waals surface area (Å²) in [5.41, 5.74) is 5.77. The lowest BCUT2D eigenvalue weighted by Crippen LogP contribution is -2.18. The first kappa shape index (κ1) is 19.9.